The van der Waals surface area contributed by atoms with Crippen LogP contribution in [0.25, 0.3) is 11.4 Å². The second kappa shape index (κ2) is 8.48. The Balaban J connectivity index is 1.50. The van der Waals surface area contributed by atoms with E-state index in [1.807, 2.05) is 24.3 Å². The van der Waals surface area contributed by atoms with Crippen LogP contribution in [-0.4, -0.2) is 34.2 Å². The molecule has 1 aromatic carbocycles. The van der Waals surface area contributed by atoms with Crippen LogP contribution in [0.15, 0.2) is 28.6 Å². The third kappa shape index (κ3) is 4.70. The van der Waals surface area contributed by atoms with Crippen molar-refractivity contribution in [1.29, 1.82) is 0 Å². The second-order valence-electron chi connectivity index (χ2n) is 5.80. The number of aromatic nitrogens is 2. The number of methoxy groups -OCH3 is 1. The van der Waals surface area contributed by atoms with Gasteiger partial charge in [-0.3, -0.25) is 4.79 Å². The van der Waals surface area contributed by atoms with E-state index >= 15 is 0 Å². The van der Waals surface area contributed by atoms with Crippen LogP contribution in [0.3, 0.4) is 0 Å². The van der Waals surface area contributed by atoms with E-state index in [2.05, 4.69) is 14.7 Å². The molecule has 1 N–H and O–H groups in total. The van der Waals surface area contributed by atoms with Gasteiger partial charge in [-0.25, -0.2) is 4.98 Å². The number of ether oxygens (including phenoxy) is 1. The van der Waals surface area contributed by atoms with Crippen molar-refractivity contribution in [3.05, 3.63) is 24.3 Å². The molecule has 0 aliphatic heterocycles. The van der Waals surface area contributed by atoms with Gasteiger partial charge >= 0.3 is 0 Å². The minimum atomic E-state index is 0.0908. The number of hydrogen-bond donors (Lipinski definition) is 1. The van der Waals surface area contributed by atoms with Crippen molar-refractivity contribution in [2.24, 2.45) is 0 Å². The summed E-state index contributed by atoms with van der Waals surface area (Å²) in [4.78, 5) is 16.5. The summed E-state index contributed by atoms with van der Waals surface area (Å²) < 4.78 is 10.3. The Kier molecular flexibility index (Phi) is 6.09. The van der Waals surface area contributed by atoms with Gasteiger partial charge in [-0.2, -0.15) is 4.37 Å². The molecule has 0 saturated heterocycles. The monoisotopic (exact) mass is 363 g/mol. The number of thioether (sulfide) groups is 1. The topological polar surface area (TPSA) is 64.1 Å². The highest BCUT2D eigenvalue weighted by Gasteiger charge is 2.16. The fraction of sp³-hybridized carbons (Fsp3) is 0.471. The molecule has 1 heterocycles. The molecule has 1 aromatic heterocycles. The zero-order valence-electron chi connectivity index (χ0n) is 13.7. The minimum Gasteiger partial charge on any atom is -0.497 e. The molecule has 3 rings (SSSR count). The number of carbonyl (C=O) groups is 1. The molecular weight excluding hydrogens is 342 g/mol. The van der Waals surface area contributed by atoms with Gasteiger partial charge in [0.2, 0.25) is 5.91 Å². The number of hydrogen-bond acceptors (Lipinski definition) is 6. The van der Waals surface area contributed by atoms with Crippen molar-refractivity contribution in [2.45, 2.75) is 42.5 Å². The van der Waals surface area contributed by atoms with Gasteiger partial charge in [-0.05, 0) is 48.6 Å². The highest BCUT2D eigenvalue weighted by atomic mass is 32.2. The molecule has 1 amide bonds. The fourth-order valence-corrected chi connectivity index (χ4v) is 4.20. The van der Waals surface area contributed by atoms with Crippen molar-refractivity contribution in [3.63, 3.8) is 0 Å². The SMILES string of the molecule is COc1ccc(-c2nsc(SCC(=O)NC3CCCCC3)n2)cc1. The average Bonchev–Trinajstić information content (AvgIpc) is 3.10. The lowest BCUT2D eigenvalue weighted by Gasteiger charge is -2.22. The van der Waals surface area contributed by atoms with Crippen molar-refractivity contribution in [1.82, 2.24) is 14.7 Å². The maximum Gasteiger partial charge on any atom is 0.230 e. The first-order valence-corrected chi connectivity index (χ1v) is 9.91. The number of nitrogens with one attached hydrogen (secondary N) is 1. The van der Waals surface area contributed by atoms with Crippen LogP contribution in [0, 0.1) is 0 Å². The Morgan fingerprint density at radius 2 is 2.04 bits per heavy atom. The summed E-state index contributed by atoms with van der Waals surface area (Å²) in [6.45, 7) is 0. The van der Waals surface area contributed by atoms with Gasteiger partial charge in [0.1, 0.15) is 5.75 Å². The predicted molar refractivity (Wildman–Crippen MR) is 97.6 cm³/mol. The van der Waals surface area contributed by atoms with Crippen molar-refractivity contribution in [3.8, 4) is 17.1 Å². The molecule has 128 valence electrons. The molecule has 0 spiro atoms. The standard InChI is InChI=1S/C17H21N3O2S2/c1-22-14-9-7-12(8-10-14)16-19-17(24-20-16)23-11-15(21)18-13-5-3-2-4-6-13/h7-10,13H,2-6,11H2,1H3,(H,18,21). The van der Waals surface area contributed by atoms with Gasteiger partial charge in [-0.1, -0.05) is 31.0 Å². The third-order valence-corrected chi connectivity index (χ3v) is 5.89. The zero-order valence-corrected chi connectivity index (χ0v) is 15.3. The Labute approximate surface area is 150 Å². The first kappa shape index (κ1) is 17.2. The third-order valence-electron chi connectivity index (χ3n) is 4.05. The van der Waals surface area contributed by atoms with Gasteiger partial charge in [-0.15, -0.1) is 0 Å². The number of rotatable bonds is 6. The number of carbonyl (C=O) groups excluding carboxylic acids is 1. The van der Waals surface area contributed by atoms with Crippen LogP contribution < -0.4 is 10.1 Å². The lowest BCUT2D eigenvalue weighted by atomic mass is 9.95. The van der Waals surface area contributed by atoms with Crippen LogP contribution in [0.2, 0.25) is 0 Å². The molecule has 2 aromatic rings. The van der Waals surface area contributed by atoms with Gasteiger partial charge in [0.25, 0.3) is 0 Å². The Bertz CT molecular complexity index is 667. The molecule has 5 nitrogen and oxygen atoms in total. The maximum atomic E-state index is 12.0. The van der Waals surface area contributed by atoms with Crippen LogP contribution in [0.4, 0.5) is 0 Å². The summed E-state index contributed by atoms with van der Waals surface area (Å²) in [6.07, 6.45) is 5.95. The molecule has 1 aliphatic rings. The van der Waals surface area contributed by atoms with Gasteiger partial charge in [0.15, 0.2) is 10.2 Å². The van der Waals surface area contributed by atoms with E-state index in [0.717, 1.165) is 28.5 Å². The summed E-state index contributed by atoms with van der Waals surface area (Å²) in [5.41, 5.74) is 0.950. The lowest BCUT2D eigenvalue weighted by molar-refractivity contribution is -0.119. The first-order valence-electron chi connectivity index (χ1n) is 8.15. The van der Waals surface area contributed by atoms with Crippen LogP contribution >= 0.6 is 23.3 Å². The number of amides is 1. The van der Waals surface area contributed by atoms with Crippen LogP contribution in [0.5, 0.6) is 5.75 Å². The first-order chi connectivity index (χ1) is 11.7. The van der Waals surface area contributed by atoms with Gasteiger partial charge < -0.3 is 10.1 Å². The smallest absolute Gasteiger partial charge is 0.230 e. The molecule has 0 radical (unpaired) electrons. The van der Waals surface area contributed by atoms with E-state index in [1.165, 1.54) is 42.6 Å². The highest BCUT2D eigenvalue weighted by molar-refractivity contribution is 8.01. The average molecular weight is 364 g/mol. The normalized spacial score (nSPS) is 15.2. The summed E-state index contributed by atoms with van der Waals surface area (Å²) in [7, 11) is 1.64. The largest absolute Gasteiger partial charge is 0.497 e. The van der Waals surface area contributed by atoms with Crippen LogP contribution in [-0.2, 0) is 4.79 Å². The van der Waals surface area contributed by atoms with Gasteiger partial charge in [0.05, 0.1) is 12.9 Å². The van der Waals surface area contributed by atoms with E-state index in [0.29, 0.717) is 17.6 Å². The molecule has 0 unspecified atom stereocenters. The minimum absolute atomic E-state index is 0.0908. The van der Waals surface area contributed by atoms with E-state index in [4.69, 9.17) is 4.74 Å². The van der Waals surface area contributed by atoms with Crippen molar-refractivity contribution < 1.29 is 9.53 Å². The predicted octanol–water partition coefficient (Wildman–Crippen LogP) is 3.75. The van der Waals surface area contributed by atoms with E-state index < -0.39 is 0 Å². The Hall–Kier alpha value is -1.60. The molecule has 24 heavy (non-hydrogen) atoms. The van der Waals surface area contributed by atoms with Crippen molar-refractivity contribution in [2.75, 3.05) is 12.9 Å². The molecule has 0 atom stereocenters. The Morgan fingerprint density at radius 1 is 1.29 bits per heavy atom. The second-order valence-corrected chi connectivity index (χ2v) is 7.78. The Morgan fingerprint density at radius 3 is 2.75 bits per heavy atom. The van der Waals surface area contributed by atoms with E-state index in [1.54, 1.807) is 7.11 Å². The lowest BCUT2D eigenvalue weighted by Crippen LogP contribution is -2.37. The quantitative estimate of drug-likeness (QED) is 0.792. The molecule has 1 saturated carbocycles. The number of nitrogens with zero attached hydrogens (tertiary/aromatic N) is 2. The van der Waals surface area contributed by atoms with Crippen LogP contribution in [0.1, 0.15) is 32.1 Å². The molecule has 0 bridgehead atoms. The number of benzene rings is 1. The maximum absolute atomic E-state index is 12.0. The molecule has 7 heteroatoms. The fourth-order valence-electron chi connectivity index (χ4n) is 2.77. The summed E-state index contributed by atoms with van der Waals surface area (Å²) in [6, 6.07) is 8.01. The van der Waals surface area contributed by atoms with E-state index in [9.17, 15) is 4.79 Å². The van der Waals surface area contributed by atoms with E-state index in [-0.39, 0.29) is 5.91 Å². The highest BCUT2D eigenvalue weighted by Crippen LogP contribution is 2.26. The molecule has 1 aliphatic carbocycles. The summed E-state index contributed by atoms with van der Waals surface area (Å²) in [5, 5.41) is 3.12. The molecular formula is C17H21N3O2S2. The summed E-state index contributed by atoms with van der Waals surface area (Å²) in [5.74, 6) is 1.99. The van der Waals surface area contributed by atoms with Crippen molar-refractivity contribution >= 4 is 29.2 Å². The summed E-state index contributed by atoms with van der Waals surface area (Å²) >= 11 is 2.78. The van der Waals surface area contributed by atoms with Gasteiger partial charge in [0, 0.05) is 11.6 Å². The zero-order chi connectivity index (χ0) is 16.8. The molecule has 1 fully saturated rings.